The van der Waals surface area contributed by atoms with Gasteiger partial charge in [-0.2, -0.15) is 0 Å². The van der Waals surface area contributed by atoms with Crippen LogP contribution in [-0.4, -0.2) is 33.1 Å². The van der Waals surface area contributed by atoms with E-state index in [1.807, 2.05) is 12.1 Å². The van der Waals surface area contributed by atoms with Gasteiger partial charge in [-0.3, -0.25) is 0 Å². The van der Waals surface area contributed by atoms with Crippen LogP contribution in [0.25, 0.3) is 11.0 Å². The third-order valence-electron chi connectivity index (χ3n) is 4.78. The second kappa shape index (κ2) is 9.52. The minimum absolute atomic E-state index is 0. The quantitative estimate of drug-likeness (QED) is 0.559. The Labute approximate surface area is 176 Å². The van der Waals surface area contributed by atoms with Gasteiger partial charge in [-0.15, -0.1) is 24.8 Å². The molecule has 0 atom stereocenters. The van der Waals surface area contributed by atoms with Crippen molar-refractivity contribution < 1.29 is 4.74 Å². The van der Waals surface area contributed by atoms with E-state index in [4.69, 9.17) is 10.5 Å². The molecule has 7 nitrogen and oxygen atoms in total. The Morgan fingerprint density at radius 2 is 1.96 bits per heavy atom. The molecular weight excluding hydrogens is 399 g/mol. The Morgan fingerprint density at radius 3 is 2.68 bits per heavy atom. The normalized spacial score (nSPS) is 18.1. The molecule has 0 amide bonds. The number of nitrogens with one attached hydrogen (secondary N) is 2. The summed E-state index contributed by atoms with van der Waals surface area (Å²) in [6.45, 7) is 3.04. The molecule has 2 heterocycles. The summed E-state index contributed by atoms with van der Waals surface area (Å²) in [5, 5.41) is 3.36. The molecule has 1 aliphatic carbocycles. The number of aryl methyl sites for hydroxylation is 1. The Morgan fingerprint density at radius 1 is 1.18 bits per heavy atom. The summed E-state index contributed by atoms with van der Waals surface area (Å²) in [6.07, 6.45) is 1.96. The van der Waals surface area contributed by atoms with E-state index >= 15 is 0 Å². The lowest BCUT2D eigenvalue weighted by atomic mass is 9.78. The molecule has 0 unspecified atom stereocenters. The third-order valence-corrected chi connectivity index (χ3v) is 4.78. The van der Waals surface area contributed by atoms with Crippen molar-refractivity contribution in [3.63, 3.8) is 0 Å². The molecular formula is C19H26Cl2N6O. The number of H-pyrrole nitrogens is 1. The number of methoxy groups -OCH3 is 1. The topological polar surface area (TPSA) is 102 Å². The summed E-state index contributed by atoms with van der Waals surface area (Å²) in [7, 11) is 1.65. The molecule has 0 spiro atoms. The van der Waals surface area contributed by atoms with Crippen LogP contribution in [0.15, 0.2) is 24.3 Å². The van der Waals surface area contributed by atoms with Gasteiger partial charge in [0.1, 0.15) is 18.2 Å². The average molecular weight is 425 g/mol. The maximum absolute atomic E-state index is 5.93. The van der Waals surface area contributed by atoms with Gasteiger partial charge in [0, 0.05) is 30.8 Å². The minimum Gasteiger partial charge on any atom is -0.377 e. The highest BCUT2D eigenvalue weighted by atomic mass is 35.5. The van der Waals surface area contributed by atoms with Gasteiger partial charge in [-0.05, 0) is 37.5 Å². The number of anilines is 1. The van der Waals surface area contributed by atoms with Crippen LogP contribution in [0, 0.1) is 6.92 Å². The second-order valence-corrected chi connectivity index (χ2v) is 7.01. The van der Waals surface area contributed by atoms with Crippen LogP contribution in [0.2, 0.25) is 0 Å². The predicted molar refractivity (Wildman–Crippen MR) is 115 cm³/mol. The van der Waals surface area contributed by atoms with Crippen molar-refractivity contribution in [2.75, 3.05) is 12.4 Å². The summed E-state index contributed by atoms with van der Waals surface area (Å²) in [5.74, 6) is 2.77. The van der Waals surface area contributed by atoms with E-state index in [1.165, 1.54) is 5.56 Å². The first-order chi connectivity index (χ1) is 12.6. The van der Waals surface area contributed by atoms with Gasteiger partial charge in [0.2, 0.25) is 0 Å². The molecule has 0 aliphatic heterocycles. The summed E-state index contributed by atoms with van der Waals surface area (Å²) in [4.78, 5) is 17.1. The summed E-state index contributed by atoms with van der Waals surface area (Å²) < 4.78 is 5.21. The number of nitrogens with two attached hydrogens (primary N) is 1. The fourth-order valence-electron chi connectivity index (χ4n) is 3.35. The lowest BCUT2D eigenvalue weighted by Crippen LogP contribution is -2.35. The molecule has 3 aromatic rings. The smallest absolute Gasteiger partial charge is 0.156 e. The Bertz CT molecular complexity index is 926. The molecule has 0 radical (unpaired) electrons. The van der Waals surface area contributed by atoms with Crippen LogP contribution in [-0.2, 0) is 17.9 Å². The number of ether oxygens (including phenoxy) is 1. The lowest BCUT2D eigenvalue weighted by molar-refractivity contribution is 0.177. The fraction of sp³-hybridized carbons (Fsp3) is 0.421. The molecule has 1 saturated carbocycles. The predicted octanol–water partition coefficient (Wildman–Crippen LogP) is 3.47. The lowest BCUT2D eigenvalue weighted by Gasteiger charge is -2.32. The molecule has 1 fully saturated rings. The highest BCUT2D eigenvalue weighted by Gasteiger charge is 2.29. The van der Waals surface area contributed by atoms with Crippen LogP contribution >= 0.6 is 24.8 Å². The zero-order valence-electron chi connectivity index (χ0n) is 15.9. The highest BCUT2D eigenvalue weighted by molar-refractivity contribution is 5.85. The Hall–Kier alpha value is -1.93. The number of rotatable bonds is 6. The number of hydrogen-bond donors (Lipinski definition) is 3. The zero-order valence-corrected chi connectivity index (χ0v) is 17.6. The van der Waals surface area contributed by atoms with Crippen molar-refractivity contribution in [3.05, 3.63) is 47.2 Å². The van der Waals surface area contributed by atoms with Crippen LogP contribution < -0.4 is 11.1 Å². The molecule has 1 aromatic carbocycles. The molecule has 4 N–H and O–H groups in total. The van der Waals surface area contributed by atoms with Gasteiger partial charge in [0.25, 0.3) is 0 Å². The first-order valence-corrected chi connectivity index (χ1v) is 8.92. The van der Waals surface area contributed by atoms with E-state index in [2.05, 4.69) is 44.3 Å². The maximum Gasteiger partial charge on any atom is 0.156 e. The van der Waals surface area contributed by atoms with Crippen molar-refractivity contribution in [1.29, 1.82) is 0 Å². The van der Waals surface area contributed by atoms with Gasteiger partial charge < -0.3 is 20.8 Å². The maximum atomic E-state index is 5.93. The van der Waals surface area contributed by atoms with Gasteiger partial charge in [-0.1, -0.05) is 6.07 Å². The average Bonchev–Trinajstić information content (AvgIpc) is 2.99. The Kier molecular flexibility index (Phi) is 7.60. The van der Waals surface area contributed by atoms with Crippen molar-refractivity contribution in [2.45, 2.75) is 44.9 Å². The van der Waals surface area contributed by atoms with Crippen molar-refractivity contribution in [2.24, 2.45) is 5.73 Å². The second-order valence-electron chi connectivity index (χ2n) is 7.01. The van der Waals surface area contributed by atoms with Crippen molar-refractivity contribution in [1.82, 2.24) is 19.9 Å². The fourth-order valence-corrected chi connectivity index (χ4v) is 3.35. The zero-order chi connectivity index (χ0) is 18.1. The van der Waals surface area contributed by atoms with Crippen molar-refractivity contribution >= 4 is 41.7 Å². The number of fused-ring (bicyclic) bond motifs is 1. The standard InChI is InChI=1S/C19H24N6O.2ClH/c1-11-3-4-14-16(5-11)24-18(22-14)9-21-17-8-15(12-6-13(20)7-12)23-19(25-17)10-26-2;;/h3-5,8,12-13H,6-7,9-10,20H2,1-2H3,(H,22,24)(H,21,23,25);2*1H. The summed E-state index contributed by atoms with van der Waals surface area (Å²) >= 11 is 0. The van der Waals surface area contributed by atoms with Crippen LogP contribution in [0.4, 0.5) is 5.82 Å². The monoisotopic (exact) mass is 424 g/mol. The van der Waals surface area contributed by atoms with Crippen molar-refractivity contribution in [3.8, 4) is 0 Å². The minimum atomic E-state index is 0. The number of nitrogens with zero attached hydrogens (tertiary/aromatic N) is 3. The number of halogens is 2. The van der Waals surface area contributed by atoms with Gasteiger partial charge in [0.05, 0.1) is 17.6 Å². The molecule has 28 heavy (non-hydrogen) atoms. The molecule has 0 bridgehead atoms. The number of benzene rings is 1. The number of hydrogen-bond acceptors (Lipinski definition) is 6. The Balaban J connectivity index is 0.00000140. The summed E-state index contributed by atoms with van der Waals surface area (Å²) in [6, 6.07) is 8.51. The van der Waals surface area contributed by atoms with Gasteiger partial charge >= 0.3 is 0 Å². The van der Waals surface area contributed by atoms with Gasteiger partial charge in [-0.25, -0.2) is 15.0 Å². The van der Waals surface area contributed by atoms with E-state index in [0.717, 1.165) is 41.2 Å². The molecule has 4 rings (SSSR count). The third kappa shape index (κ3) is 4.91. The number of imidazole rings is 1. The molecule has 1 aliphatic rings. The van der Waals surface area contributed by atoms with E-state index in [0.29, 0.717) is 24.9 Å². The van der Waals surface area contributed by atoms with Gasteiger partial charge in [0.15, 0.2) is 5.82 Å². The number of aromatic amines is 1. The molecule has 152 valence electrons. The van der Waals surface area contributed by atoms with Crippen LogP contribution in [0.5, 0.6) is 0 Å². The number of aromatic nitrogens is 4. The molecule has 2 aromatic heterocycles. The summed E-state index contributed by atoms with van der Waals surface area (Å²) in [5.41, 5.74) is 10.2. The van der Waals surface area contributed by atoms with Crippen LogP contribution in [0.1, 0.15) is 41.7 Å². The van der Waals surface area contributed by atoms with E-state index < -0.39 is 0 Å². The highest BCUT2D eigenvalue weighted by Crippen LogP contribution is 2.35. The molecule has 9 heteroatoms. The SMILES string of the molecule is COCc1nc(NCc2nc3ccc(C)cc3[nH]2)cc(C2CC(N)C2)n1.Cl.Cl. The van der Waals surface area contributed by atoms with E-state index in [-0.39, 0.29) is 30.9 Å². The molecule has 0 saturated heterocycles. The van der Waals surface area contributed by atoms with E-state index in [1.54, 1.807) is 7.11 Å². The van der Waals surface area contributed by atoms with E-state index in [9.17, 15) is 0 Å². The van der Waals surface area contributed by atoms with Crippen LogP contribution in [0.3, 0.4) is 0 Å². The first-order valence-electron chi connectivity index (χ1n) is 8.92. The largest absolute Gasteiger partial charge is 0.377 e. The first kappa shape index (κ1) is 22.4.